The lowest BCUT2D eigenvalue weighted by molar-refractivity contribution is -0.142. The third-order valence-corrected chi connectivity index (χ3v) is 23.9. The first-order valence-electron chi connectivity index (χ1n) is 43.7. The number of nitrogens with zero attached hydrogens (tertiary/aromatic N) is 1. The molecule has 46 nitrogen and oxygen atoms in total. The summed E-state index contributed by atoms with van der Waals surface area (Å²) in [5, 5.41) is 106. The molecular formula is C84H129N29O17S2. The number of rotatable bonds is 41. The molecule has 14 amide bonds. The van der Waals surface area contributed by atoms with Crippen molar-refractivity contribution < 1.29 is 82.4 Å². The predicted molar refractivity (Wildman–Crippen MR) is 497 cm³/mol. The Balaban J connectivity index is 1.58. The van der Waals surface area contributed by atoms with Crippen LogP contribution in [0.15, 0.2) is 91.0 Å². The van der Waals surface area contributed by atoms with Crippen molar-refractivity contribution in [2.24, 2.45) is 45.9 Å². The van der Waals surface area contributed by atoms with Crippen molar-refractivity contribution in [3.05, 3.63) is 108 Å². The third kappa shape index (κ3) is 38.8. The van der Waals surface area contributed by atoms with E-state index in [-0.39, 0.29) is 185 Å². The molecule has 0 aromatic heterocycles. The number of phenolic OH excluding ortho intramolecular Hbond substituents is 2. The second-order valence-corrected chi connectivity index (χ2v) is 34.5. The molecule has 0 spiro atoms. The van der Waals surface area contributed by atoms with E-state index in [2.05, 4.69) is 85.1 Å². The minimum Gasteiger partial charge on any atom is -0.508 e. The van der Waals surface area contributed by atoms with Crippen LogP contribution in [0.2, 0.25) is 0 Å². The molecule has 2 aliphatic heterocycles. The molecule has 2 heterocycles. The highest BCUT2D eigenvalue weighted by Gasteiger charge is 2.42. The van der Waals surface area contributed by atoms with Gasteiger partial charge in [-0.1, -0.05) is 88.3 Å². The largest absolute Gasteiger partial charge is 0.508 e. The first-order valence-corrected chi connectivity index (χ1v) is 46.2. The van der Waals surface area contributed by atoms with Crippen molar-refractivity contribution in [3.63, 3.8) is 0 Å². The summed E-state index contributed by atoms with van der Waals surface area (Å²) >= 11 is 0. The second-order valence-electron chi connectivity index (χ2n) is 31.9. The van der Waals surface area contributed by atoms with Crippen molar-refractivity contribution in [2.75, 3.05) is 63.9 Å². The quantitative estimate of drug-likeness (QED) is 0.00858. The molecule has 13 atom stereocenters. The summed E-state index contributed by atoms with van der Waals surface area (Å²) in [7, 11) is 1.55. The van der Waals surface area contributed by atoms with Crippen LogP contribution < -0.4 is 131 Å². The van der Waals surface area contributed by atoms with Crippen LogP contribution in [0.5, 0.6) is 11.5 Å². The number of amides is 14. The van der Waals surface area contributed by atoms with Gasteiger partial charge in [-0.2, -0.15) is 0 Å². The van der Waals surface area contributed by atoms with Gasteiger partial charge in [0.05, 0.1) is 6.04 Å². The van der Waals surface area contributed by atoms with Gasteiger partial charge in [-0.25, -0.2) is 9.59 Å². The number of guanidine groups is 4. The van der Waals surface area contributed by atoms with Crippen LogP contribution in [-0.2, 0) is 81.6 Å². The van der Waals surface area contributed by atoms with E-state index in [1.165, 1.54) is 53.4 Å². The normalized spacial score (nSPS) is 20.8. The molecule has 724 valence electrons. The lowest BCUT2D eigenvalue weighted by Crippen LogP contribution is -2.61. The van der Waals surface area contributed by atoms with Crippen LogP contribution in [0.25, 0.3) is 10.8 Å². The van der Waals surface area contributed by atoms with Gasteiger partial charge in [-0.05, 0) is 180 Å². The maximum Gasteiger partial charge on any atom is 0.326 e. The highest BCUT2D eigenvalue weighted by molar-refractivity contribution is 8.76. The van der Waals surface area contributed by atoms with E-state index >= 15 is 47.9 Å². The first-order chi connectivity index (χ1) is 63.0. The number of aromatic hydroxyl groups is 2. The molecule has 2 saturated heterocycles. The Morgan fingerprint density at radius 1 is 0.447 bits per heavy atom. The number of nitrogens with one attached hydrogen (secondary N) is 20. The minimum absolute atomic E-state index is 0.00450. The zero-order valence-corrected chi connectivity index (χ0v) is 75.2. The van der Waals surface area contributed by atoms with Gasteiger partial charge in [0.15, 0.2) is 23.8 Å². The van der Waals surface area contributed by atoms with Gasteiger partial charge in [-0.15, -0.1) is 0 Å². The Morgan fingerprint density at radius 2 is 0.864 bits per heavy atom. The molecule has 132 heavy (non-hydrogen) atoms. The summed E-state index contributed by atoms with van der Waals surface area (Å²) in [5.74, 6) is -16.4. The number of fused-ring (bicyclic) bond motifs is 2. The van der Waals surface area contributed by atoms with Gasteiger partial charge in [0, 0.05) is 70.0 Å². The number of carboxylic acid groups (broad SMARTS) is 1. The van der Waals surface area contributed by atoms with E-state index in [0.29, 0.717) is 29.5 Å². The lowest BCUT2D eigenvalue weighted by Gasteiger charge is -2.31. The molecular weight excluding hydrogens is 1750 g/mol. The van der Waals surface area contributed by atoms with Crippen molar-refractivity contribution in [1.29, 1.82) is 21.6 Å². The molecule has 48 heteroatoms. The van der Waals surface area contributed by atoms with Crippen molar-refractivity contribution in [2.45, 2.75) is 213 Å². The molecule has 39 N–H and O–H groups in total. The smallest absolute Gasteiger partial charge is 0.326 e. The number of unbranched alkanes of at least 4 members (excludes halogenated alkanes) is 2. The van der Waals surface area contributed by atoms with Crippen LogP contribution in [0, 0.1) is 21.6 Å². The van der Waals surface area contributed by atoms with Gasteiger partial charge in [0.2, 0.25) is 70.9 Å². The number of hydrogen-bond acceptors (Lipinski definition) is 25. The topological polar surface area (TPSA) is 799 Å². The molecule has 2 aliphatic rings. The molecule has 4 aromatic carbocycles. The highest BCUT2D eigenvalue weighted by atomic mass is 33.1. The fourth-order valence-corrected chi connectivity index (χ4v) is 16.7. The maximum atomic E-state index is 15.8. The number of phenols is 2. The average molecular weight is 1880 g/mol. The van der Waals surface area contributed by atoms with Crippen molar-refractivity contribution in [1.82, 2.24) is 90.0 Å². The van der Waals surface area contributed by atoms with Crippen LogP contribution in [0.4, 0.5) is 4.79 Å². The Labute approximate surface area is 771 Å². The third-order valence-electron chi connectivity index (χ3n) is 21.5. The van der Waals surface area contributed by atoms with Gasteiger partial charge in [0.1, 0.15) is 84.0 Å². The highest BCUT2D eigenvalue weighted by Crippen LogP contribution is 2.27. The standard InChI is InChI=1S/C84H129N29O17S2/c85-33-5-3-16-55-70(119)106-59(17-4-6-34-86)78(127)113-40-12-22-66(113)77(126)110-62(43-48-26-31-53(115)32-27-48)73(122)105-57(19-9-37-99-82(92)93)69(118)103-58(20-10-39-101-84(96)130)71(120)111-64(75(124)107-60(79(128)129)21-11-38-100-83(94)95)45-131-132-46-65(76(125)109-61(42-47-24-29-52(114)30-25-47)72(121)104-56(68(117)102-55)18-8-36-98-81(90)91)112-74(123)63(108-67(116)54(87)15-7-35-97-80(88)89)44-49-23-28-50-13-1-2-14-51(50)41-49/h1-2,13-14,23-32,41,54-66,114-115H,3-12,15-22,33-40,42-46,85-87H2,(H,102,117)(H,103,118)(H,104,121)(H,105,122)(H,106,119)(H,107,124)(H,108,116)(H,109,125)(H,110,126)(H,111,120)(H,112,123)(H,128,129)(H4,88,89,97)(H4,90,91,98)(H4,92,93,99)(H4,94,95,100)(H3,96,101,130)/t54-,55-,56-,57-,58-,59+,60-,61-,62-,63-,64-,65-,66-/m0/s1. The Kier molecular flexibility index (Phi) is 46.5. The first kappa shape index (κ1) is 108. The summed E-state index contributed by atoms with van der Waals surface area (Å²) < 4.78 is 0. The van der Waals surface area contributed by atoms with Gasteiger partial charge in [0.25, 0.3) is 0 Å². The molecule has 0 aliphatic carbocycles. The van der Waals surface area contributed by atoms with E-state index in [0.717, 1.165) is 32.4 Å². The molecule has 0 saturated carbocycles. The molecule has 6 rings (SSSR count). The fourth-order valence-electron chi connectivity index (χ4n) is 14.4. The Bertz CT molecular complexity index is 4580. The number of carboxylic acids is 1. The van der Waals surface area contributed by atoms with Crippen LogP contribution in [-0.4, -0.2) is 269 Å². The monoisotopic (exact) mass is 1880 g/mol. The van der Waals surface area contributed by atoms with Gasteiger partial charge < -0.3 is 151 Å². The predicted octanol–water partition coefficient (Wildman–Crippen LogP) is -4.83. The lowest BCUT2D eigenvalue weighted by atomic mass is 10.00. The van der Waals surface area contributed by atoms with E-state index in [1.54, 1.807) is 24.3 Å². The van der Waals surface area contributed by atoms with Gasteiger partial charge in [-0.3, -0.25) is 79.2 Å². The SMILES string of the molecule is N=C(N)NCCC[C@H](NC(=O)[C@@H]1CSSC[C@H](NC(=O)[C@H](Cc2ccc3ccccc3c2)NC(=O)[C@@H](N)CCCNC(=N)N)C(=O)N[C@@H](Cc2ccc(O)cc2)C(=O)N[C@@H](CCCNC(=N)N)C(=O)N[C@@H](CCCCN)C(=O)N[C@H](CCCCN)C(=O)N2CCC[C@H]2C(=O)N[C@@H](Cc2ccc(O)cc2)C(=O)N[C@@H](CCCNC(=N)N)C(=O)N[C@@H](CCCNC(N)=O)C(=O)N1)C(=O)O. The Hall–Kier alpha value is -13.2. The van der Waals surface area contributed by atoms with Gasteiger partial charge >= 0.3 is 12.0 Å². The number of benzene rings is 4. The average Bonchev–Trinajstić information content (AvgIpc) is 1.63. The van der Waals surface area contributed by atoms with Crippen LogP contribution >= 0.6 is 21.6 Å². The molecule has 0 radical (unpaired) electrons. The summed E-state index contributed by atoms with van der Waals surface area (Å²) in [4.78, 5) is 209. The number of carbonyl (C=O) groups is 14. The molecule has 0 unspecified atom stereocenters. The fraction of sp³-hybridized carbons (Fsp3) is 0.524. The maximum absolute atomic E-state index is 15.8. The second kappa shape index (κ2) is 57.1. The van der Waals surface area contributed by atoms with E-state index in [1.807, 2.05) is 18.2 Å². The molecule has 2 fully saturated rings. The van der Waals surface area contributed by atoms with E-state index in [4.69, 9.17) is 67.5 Å². The summed E-state index contributed by atoms with van der Waals surface area (Å²) in [5.41, 5.74) is 47.3. The molecule has 4 aromatic rings. The summed E-state index contributed by atoms with van der Waals surface area (Å²) in [6.07, 6.45) is -0.760. The minimum atomic E-state index is -1.82. The number of carbonyl (C=O) groups excluding carboxylic acids is 13. The van der Waals surface area contributed by atoms with Crippen molar-refractivity contribution in [3.8, 4) is 11.5 Å². The summed E-state index contributed by atoms with van der Waals surface area (Å²) in [6.45, 7) is 0.0870. The number of nitrogens with two attached hydrogens (primary N) is 8. The molecule has 0 bridgehead atoms. The Morgan fingerprint density at radius 3 is 1.35 bits per heavy atom. The van der Waals surface area contributed by atoms with Crippen LogP contribution in [0.1, 0.15) is 132 Å². The number of primary amides is 1. The zero-order valence-electron chi connectivity index (χ0n) is 73.5. The van der Waals surface area contributed by atoms with Crippen LogP contribution in [0.3, 0.4) is 0 Å². The number of hydrogen-bond donors (Lipinski definition) is 31. The van der Waals surface area contributed by atoms with Crippen molar-refractivity contribution >= 4 is 139 Å². The van der Waals surface area contributed by atoms with E-state index < -0.39 is 197 Å². The number of urea groups is 1. The summed E-state index contributed by atoms with van der Waals surface area (Å²) in [6, 6.07) is 1.95. The zero-order chi connectivity index (χ0) is 96.8. The van der Waals surface area contributed by atoms with E-state index in [9.17, 15) is 34.5 Å². The number of aliphatic carboxylic acids is 1.